The van der Waals surface area contributed by atoms with E-state index in [0.29, 0.717) is 25.4 Å². The number of fused-ring (bicyclic) bond motifs is 1. The first kappa shape index (κ1) is 16.6. The number of hydrogen-bond acceptors (Lipinski definition) is 4. The summed E-state index contributed by atoms with van der Waals surface area (Å²) in [7, 11) is -3.14. The maximum atomic E-state index is 12.8. The van der Waals surface area contributed by atoms with Crippen molar-refractivity contribution < 1.29 is 17.9 Å². The van der Waals surface area contributed by atoms with Crippen molar-refractivity contribution in [2.45, 2.75) is 19.9 Å². The Labute approximate surface area is 131 Å². The molecule has 0 fully saturated rings. The molecule has 122 valence electrons. The minimum Gasteiger partial charge on any atom is -0.490 e. The Morgan fingerprint density at radius 2 is 2.09 bits per heavy atom. The highest BCUT2D eigenvalue weighted by atomic mass is 32.2. The van der Waals surface area contributed by atoms with Crippen LogP contribution in [-0.2, 0) is 9.84 Å². The Morgan fingerprint density at radius 1 is 1.41 bits per heavy atom. The molecule has 0 radical (unpaired) electrons. The number of amides is 2. The van der Waals surface area contributed by atoms with Gasteiger partial charge >= 0.3 is 6.03 Å². The normalized spacial score (nSPS) is 15.7. The summed E-state index contributed by atoms with van der Waals surface area (Å²) in [4.78, 5) is 16.1. The van der Waals surface area contributed by atoms with Gasteiger partial charge in [-0.05, 0) is 26.0 Å². The van der Waals surface area contributed by atoms with Gasteiger partial charge in [0, 0.05) is 18.8 Å². The summed E-state index contributed by atoms with van der Waals surface area (Å²) >= 11 is 0. The van der Waals surface area contributed by atoms with E-state index in [0.717, 1.165) is 5.69 Å². The largest absolute Gasteiger partial charge is 0.490 e. The zero-order valence-electron chi connectivity index (χ0n) is 13.2. The van der Waals surface area contributed by atoms with Gasteiger partial charge < -0.3 is 9.64 Å². The Hall–Kier alpha value is -1.76. The van der Waals surface area contributed by atoms with E-state index in [1.165, 1.54) is 6.26 Å². The molecule has 2 amide bonds. The molecule has 1 unspecified atom stereocenters. The minimum absolute atomic E-state index is 0.0431. The van der Waals surface area contributed by atoms with Crippen LogP contribution in [-0.4, -0.2) is 57.1 Å². The fourth-order valence-electron chi connectivity index (χ4n) is 2.69. The van der Waals surface area contributed by atoms with Crippen LogP contribution in [0.3, 0.4) is 0 Å². The van der Waals surface area contributed by atoms with E-state index in [1.807, 2.05) is 31.2 Å². The lowest BCUT2D eigenvalue weighted by atomic mass is 10.2. The third-order valence-corrected chi connectivity index (χ3v) is 4.71. The van der Waals surface area contributed by atoms with Crippen molar-refractivity contribution in [3.63, 3.8) is 0 Å². The fourth-order valence-corrected chi connectivity index (χ4v) is 3.74. The van der Waals surface area contributed by atoms with Crippen molar-refractivity contribution >= 4 is 21.6 Å². The van der Waals surface area contributed by atoms with Gasteiger partial charge in [-0.25, -0.2) is 13.2 Å². The monoisotopic (exact) mass is 326 g/mol. The molecule has 0 saturated heterocycles. The number of urea groups is 1. The Bertz CT molecular complexity index is 645. The standard InChI is InChI=1S/C15H22N2O4S/c1-4-16(12(2)11-22(3,19)20)15(18)17-9-10-21-14-8-6-5-7-13(14)17/h5-8,12H,4,9-11H2,1-3H3. The van der Waals surface area contributed by atoms with E-state index < -0.39 is 9.84 Å². The molecule has 6 nitrogen and oxygen atoms in total. The molecule has 2 rings (SSSR count). The van der Waals surface area contributed by atoms with Gasteiger partial charge in [-0.15, -0.1) is 0 Å². The topological polar surface area (TPSA) is 66.9 Å². The van der Waals surface area contributed by atoms with E-state index in [-0.39, 0.29) is 17.8 Å². The smallest absolute Gasteiger partial charge is 0.324 e. The van der Waals surface area contributed by atoms with Crippen LogP contribution in [0.5, 0.6) is 5.75 Å². The molecule has 1 atom stereocenters. The second-order valence-electron chi connectivity index (χ2n) is 5.48. The molecule has 1 heterocycles. The Balaban J connectivity index is 2.23. The number of benzene rings is 1. The number of anilines is 1. The lowest BCUT2D eigenvalue weighted by Crippen LogP contribution is -2.51. The molecule has 0 N–H and O–H groups in total. The molecule has 0 aliphatic carbocycles. The van der Waals surface area contributed by atoms with Crippen LogP contribution in [0, 0.1) is 0 Å². The van der Waals surface area contributed by atoms with E-state index in [4.69, 9.17) is 4.74 Å². The lowest BCUT2D eigenvalue weighted by Gasteiger charge is -2.36. The Morgan fingerprint density at radius 3 is 2.73 bits per heavy atom. The predicted octanol–water partition coefficient (Wildman–Crippen LogP) is 1.76. The fraction of sp³-hybridized carbons (Fsp3) is 0.533. The van der Waals surface area contributed by atoms with Gasteiger partial charge in [0.1, 0.15) is 22.2 Å². The van der Waals surface area contributed by atoms with Crippen molar-refractivity contribution in [1.29, 1.82) is 0 Å². The molecule has 0 spiro atoms. The van der Waals surface area contributed by atoms with Crippen molar-refractivity contribution in [2.75, 3.05) is 36.6 Å². The number of hydrogen-bond donors (Lipinski definition) is 0. The van der Waals surface area contributed by atoms with Crippen LogP contribution < -0.4 is 9.64 Å². The third-order valence-electron chi connectivity index (χ3n) is 3.62. The van der Waals surface area contributed by atoms with Crippen molar-refractivity contribution in [3.05, 3.63) is 24.3 Å². The van der Waals surface area contributed by atoms with Crippen molar-refractivity contribution in [2.24, 2.45) is 0 Å². The van der Waals surface area contributed by atoms with Crippen molar-refractivity contribution in [3.8, 4) is 5.75 Å². The van der Waals surface area contributed by atoms with Gasteiger partial charge in [0.25, 0.3) is 0 Å². The average molecular weight is 326 g/mol. The number of carbonyl (C=O) groups excluding carboxylic acids is 1. The summed E-state index contributed by atoms with van der Waals surface area (Å²) in [6.45, 7) is 4.95. The van der Waals surface area contributed by atoms with E-state index >= 15 is 0 Å². The van der Waals surface area contributed by atoms with Crippen molar-refractivity contribution in [1.82, 2.24) is 4.90 Å². The zero-order chi connectivity index (χ0) is 16.3. The number of carbonyl (C=O) groups is 1. The molecular formula is C15H22N2O4S. The van der Waals surface area contributed by atoms with Gasteiger partial charge in [-0.1, -0.05) is 12.1 Å². The maximum Gasteiger partial charge on any atom is 0.324 e. The molecule has 1 aromatic rings. The quantitative estimate of drug-likeness (QED) is 0.845. The first-order chi connectivity index (χ1) is 10.3. The molecule has 1 aliphatic rings. The van der Waals surface area contributed by atoms with Crippen LogP contribution in [0.4, 0.5) is 10.5 Å². The van der Waals surface area contributed by atoms with Crippen LogP contribution in [0.2, 0.25) is 0 Å². The highest BCUT2D eigenvalue weighted by molar-refractivity contribution is 7.90. The van der Waals surface area contributed by atoms with Crippen LogP contribution in [0.1, 0.15) is 13.8 Å². The summed E-state index contributed by atoms with van der Waals surface area (Å²) in [5.74, 6) is 0.632. The van der Waals surface area contributed by atoms with E-state index in [1.54, 1.807) is 16.7 Å². The van der Waals surface area contributed by atoms with Gasteiger partial charge in [-0.3, -0.25) is 4.90 Å². The molecule has 7 heteroatoms. The molecule has 1 aliphatic heterocycles. The summed E-state index contributed by atoms with van der Waals surface area (Å²) < 4.78 is 28.5. The number of sulfone groups is 1. The summed E-state index contributed by atoms with van der Waals surface area (Å²) in [6.07, 6.45) is 1.19. The molecule has 0 saturated carbocycles. The third kappa shape index (κ3) is 3.71. The van der Waals surface area contributed by atoms with Crippen LogP contribution in [0.15, 0.2) is 24.3 Å². The molecule has 0 aromatic heterocycles. The van der Waals surface area contributed by atoms with Gasteiger partial charge in [0.05, 0.1) is 18.0 Å². The molecule has 0 bridgehead atoms. The molecular weight excluding hydrogens is 304 g/mol. The van der Waals surface area contributed by atoms with Gasteiger partial charge in [0.2, 0.25) is 0 Å². The number of nitrogens with zero attached hydrogens (tertiary/aromatic N) is 2. The summed E-state index contributed by atoms with van der Waals surface area (Å²) in [5.41, 5.74) is 0.726. The summed E-state index contributed by atoms with van der Waals surface area (Å²) in [6, 6.07) is 6.81. The lowest BCUT2D eigenvalue weighted by molar-refractivity contribution is 0.190. The number of ether oxygens (including phenoxy) is 1. The maximum absolute atomic E-state index is 12.8. The minimum atomic E-state index is -3.14. The molecule has 22 heavy (non-hydrogen) atoms. The first-order valence-electron chi connectivity index (χ1n) is 7.31. The van der Waals surface area contributed by atoms with Gasteiger partial charge in [0.15, 0.2) is 0 Å². The predicted molar refractivity (Wildman–Crippen MR) is 86.2 cm³/mol. The highest BCUT2D eigenvalue weighted by Gasteiger charge is 2.30. The van der Waals surface area contributed by atoms with E-state index in [9.17, 15) is 13.2 Å². The SMILES string of the molecule is CCN(C(=O)N1CCOc2ccccc21)C(C)CS(C)(=O)=O. The number of para-hydroxylation sites is 2. The first-order valence-corrected chi connectivity index (χ1v) is 9.37. The second kappa shape index (κ2) is 6.56. The second-order valence-corrected chi connectivity index (χ2v) is 7.66. The van der Waals surface area contributed by atoms with Gasteiger partial charge in [-0.2, -0.15) is 0 Å². The molecule has 1 aromatic carbocycles. The number of rotatable bonds is 4. The van der Waals surface area contributed by atoms with Crippen LogP contribution >= 0.6 is 0 Å². The van der Waals surface area contributed by atoms with Crippen LogP contribution in [0.25, 0.3) is 0 Å². The zero-order valence-corrected chi connectivity index (χ0v) is 14.0. The highest BCUT2D eigenvalue weighted by Crippen LogP contribution is 2.31. The van der Waals surface area contributed by atoms with E-state index in [2.05, 4.69) is 0 Å². The average Bonchev–Trinajstić information content (AvgIpc) is 2.45. The summed E-state index contributed by atoms with van der Waals surface area (Å²) in [5, 5.41) is 0. The Kier molecular flexibility index (Phi) is 4.95.